The van der Waals surface area contributed by atoms with Gasteiger partial charge in [0.1, 0.15) is 5.82 Å². The molecule has 0 aliphatic carbocycles. The molecule has 0 atom stereocenters. The van der Waals surface area contributed by atoms with Crippen molar-refractivity contribution in [1.29, 1.82) is 0 Å². The summed E-state index contributed by atoms with van der Waals surface area (Å²) < 4.78 is 0. The molecule has 1 heterocycles. The lowest BCUT2D eigenvalue weighted by molar-refractivity contribution is 0.102. The predicted octanol–water partition coefficient (Wildman–Crippen LogP) is 3.73. The van der Waals surface area contributed by atoms with E-state index in [2.05, 4.69) is 15.6 Å². The minimum atomic E-state index is -0.198. The van der Waals surface area contributed by atoms with Gasteiger partial charge in [-0.2, -0.15) is 0 Å². The maximum atomic E-state index is 12.3. The molecule has 0 saturated carbocycles. The number of hydrogen-bond acceptors (Lipinski definition) is 3. The molecular formula is C15H16ClN3O. The Labute approximate surface area is 123 Å². The first-order chi connectivity index (χ1) is 9.60. The van der Waals surface area contributed by atoms with Gasteiger partial charge in [-0.05, 0) is 43.7 Å². The number of carbonyl (C=O) groups excluding carboxylic acids is 1. The zero-order valence-electron chi connectivity index (χ0n) is 11.4. The van der Waals surface area contributed by atoms with E-state index in [0.29, 0.717) is 16.4 Å². The second-order valence-electron chi connectivity index (χ2n) is 4.40. The number of amides is 1. The van der Waals surface area contributed by atoms with Crippen LogP contribution in [0.3, 0.4) is 0 Å². The highest BCUT2D eigenvalue weighted by Crippen LogP contribution is 2.19. The molecule has 0 saturated heterocycles. The van der Waals surface area contributed by atoms with Crippen molar-refractivity contribution in [2.45, 2.75) is 13.8 Å². The zero-order chi connectivity index (χ0) is 14.5. The van der Waals surface area contributed by atoms with Crippen LogP contribution >= 0.6 is 11.6 Å². The molecule has 1 aromatic heterocycles. The van der Waals surface area contributed by atoms with Crippen molar-refractivity contribution in [3.8, 4) is 0 Å². The van der Waals surface area contributed by atoms with Gasteiger partial charge in [0.25, 0.3) is 5.91 Å². The van der Waals surface area contributed by atoms with Crippen molar-refractivity contribution in [1.82, 2.24) is 4.98 Å². The average Bonchev–Trinajstić information content (AvgIpc) is 2.42. The minimum absolute atomic E-state index is 0.198. The molecule has 0 bridgehead atoms. The first kappa shape index (κ1) is 14.3. The van der Waals surface area contributed by atoms with Crippen LogP contribution in [0.15, 0.2) is 36.5 Å². The first-order valence-corrected chi connectivity index (χ1v) is 6.75. The number of anilines is 2. The number of nitrogens with one attached hydrogen (secondary N) is 2. The third-order valence-corrected chi connectivity index (χ3v) is 2.98. The number of aryl methyl sites for hydroxylation is 1. The Morgan fingerprint density at radius 2 is 2.10 bits per heavy atom. The molecule has 1 aromatic carbocycles. The number of carbonyl (C=O) groups is 1. The number of hydrogen-bond donors (Lipinski definition) is 2. The van der Waals surface area contributed by atoms with Gasteiger partial charge < -0.3 is 10.6 Å². The monoisotopic (exact) mass is 289 g/mol. The normalized spacial score (nSPS) is 10.2. The van der Waals surface area contributed by atoms with Crippen molar-refractivity contribution in [2.75, 3.05) is 17.2 Å². The number of halogens is 1. The lowest BCUT2D eigenvalue weighted by Crippen LogP contribution is -2.15. The molecule has 0 unspecified atom stereocenters. The highest BCUT2D eigenvalue weighted by atomic mass is 35.5. The van der Waals surface area contributed by atoms with Gasteiger partial charge in [-0.25, -0.2) is 4.98 Å². The second kappa shape index (κ2) is 6.39. The smallest absolute Gasteiger partial charge is 0.258 e. The summed E-state index contributed by atoms with van der Waals surface area (Å²) in [5, 5.41) is 6.48. The molecule has 2 aromatic rings. The van der Waals surface area contributed by atoms with Crippen LogP contribution < -0.4 is 10.6 Å². The summed E-state index contributed by atoms with van der Waals surface area (Å²) in [5.41, 5.74) is 2.51. The molecule has 0 aliphatic rings. The number of benzene rings is 1. The van der Waals surface area contributed by atoms with Crippen LogP contribution in [0.4, 0.5) is 11.5 Å². The Bertz CT molecular complexity index is 611. The number of aromatic nitrogens is 1. The van der Waals surface area contributed by atoms with Crippen molar-refractivity contribution in [2.24, 2.45) is 0 Å². The fourth-order valence-electron chi connectivity index (χ4n) is 1.83. The van der Waals surface area contributed by atoms with Gasteiger partial charge in [0.2, 0.25) is 0 Å². The highest BCUT2D eigenvalue weighted by molar-refractivity contribution is 6.30. The molecule has 2 N–H and O–H groups in total. The summed E-state index contributed by atoms with van der Waals surface area (Å²) >= 11 is 5.76. The van der Waals surface area contributed by atoms with Crippen LogP contribution in [0.25, 0.3) is 0 Å². The lowest BCUT2D eigenvalue weighted by atomic mass is 10.1. The second-order valence-corrected chi connectivity index (χ2v) is 4.83. The Morgan fingerprint density at radius 3 is 2.75 bits per heavy atom. The Balaban J connectivity index is 2.22. The van der Waals surface area contributed by atoms with E-state index in [4.69, 9.17) is 11.6 Å². The summed E-state index contributed by atoms with van der Waals surface area (Å²) in [6.07, 6.45) is 1.50. The van der Waals surface area contributed by atoms with Gasteiger partial charge in [0.15, 0.2) is 0 Å². The minimum Gasteiger partial charge on any atom is -0.385 e. The molecule has 104 valence electrons. The third-order valence-electron chi connectivity index (χ3n) is 2.76. The summed E-state index contributed by atoms with van der Waals surface area (Å²) in [6.45, 7) is 4.73. The summed E-state index contributed by atoms with van der Waals surface area (Å²) in [7, 11) is 0. The Morgan fingerprint density at radius 1 is 1.30 bits per heavy atom. The quantitative estimate of drug-likeness (QED) is 0.902. The van der Waals surface area contributed by atoms with Crippen LogP contribution in [0.5, 0.6) is 0 Å². The maximum Gasteiger partial charge on any atom is 0.258 e. The fourth-order valence-corrected chi connectivity index (χ4v) is 1.94. The van der Waals surface area contributed by atoms with Crippen LogP contribution in [-0.2, 0) is 0 Å². The molecule has 1 amide bonds. The summed E-state index contributed by atoms with van der Waals surface area (Å²) in [4.78, 5) is 16.3. The Hall–Kier alpha value is -2.07. The van der Waals surface area contributed by atoms with Gasteiger partial charge >= 0.3 is 0 Å². The molecule has 20 heavy (non-hydrogen) atoms. The van der Waals surface area contributed by atoms with Gasteiger partial charge in [-0.3, -0.25) is 4.79 Å². The topological polar surface area (TPSA) is 54.0 Å². The SMILES string of the molecule is CCNc1cc(C)ccc1C(=O)Nc1ccc(Cl)cn1. The number of pyridine rings is 1. The molecule has 2 rings (SSSR count). The maximum absolute atomic E-state index is 12.3. The fraction of sp³-hybridized carbons (Fsp3) is 0.200. The molecule has 5 heteroatoms. The summed E-state index contributed by atoms with van der Waals surface area (Å²) in [5.74, 6) is 0.276. The van der Waals surface area contributed by atoms with Gasteiger partial charge in [-0.1, -0.05) is 17.7 Å². The van der Waals surface area contributed by atoms with E-state index in [1.54, 1.807) is 18.2 Å². The average molecular weight is 290 g/mol. The first-order valence-electron chi connectivity index (χ1n) is 6.37. The highest BCUT2D eigenvalue weighted by Gasteiger charge is 2.12. The van der Waals surface area contributed by atoms with E-state index in [-0.39, 0.29) is 5.91 Å². The van der Waals surface area contributed by atoms with Crippen molar-refractivity contribution in [3.05, 3.63) is 52.7 Å². The van der Waals surface area contributed by atoms with Crippen LogP contribution in [0.1, 0.15) is 22.8 Å². The van der Waals surface area contributed by atoms with E-state index in [1.807, 2.05) is 26.0 Å². The Kier molecular flexibility index (Phi) is 4.58. The van der Waals surface area contributed by atoms with E-state index < -0.39 is 0 Å². The standard InChI is InChI=1S/C15H16ClN3O/c1-3-17-13-8-10(2)4-6-12(13)15(20)19-14-7-5-11(16)9-18-14/h4-9,17H,3H2,1-2H3,(H,18,19,20). The molecule has 4 nitrogen and oxygen atoms in total. The van der Waals surface area contributed by atoms with Crippen LogP contribution in [0.2, 0.25) is 5.02 Å². The van der Waals surface area contributed by atoms with Crippen molar-refractivity contribution in [3.63, 3.8) is 0 Å². The molecule has 0 fully saturated rings. The molecule has 0 radical (unpaired) electrons. The molecule has 0 aliphatic heterocycles. The number of rotatable bonds is 4. The van der Waals surface area contributed by atoms with Crippen LogP contribution in [-0.4, -0.2) is 17.4 Å². The van der Waals surface area contributed by atoms with Crippen LogP contribution in [0, 0.1) is 6.92 Å². The lowest BCUT2D eigenvalue weighted by Gasteiger charge is -2.11. The van der Waals surface area contributed by atoms with Gasteiger partial charge in [-0.15, -0.1) is 0 Å². The largest absolute Gasteiger partial charge is 0.385 e. The van der Waals surface area contributed by atoms with E-state index in [9.17, 15) is 4.79 Å². The predicted molar refractivity (Wildman–Crippen MR) is 82.5 cm³/mol. The van der Waals surface area contributed by atoms with Gasteiger partial charge in [0, 0.05) is 18.4 Å². The van der Waals surface area contributed by atoms with Crippen molar-refractivity contribution < 1.29 is 4.79 Å². The molecular weight excluding hydrogens is 274 g/mol. The summed E-state index contributed by atoms with van der Waals surface area (Å²) in [6, 6.07) is 9.02. The van der Waals surface area contributed by atoms with Crippen molar-refractivity contribution >= 4 is 29.0 Å². The zero-order valence-corrected chi connectivity index (χ0v) is 12.2. The third kappa shape index (κ3) is 3.48. The molecule has 0 spiro atoms. The number of nitrogens with zero attached hydrogens (tertiary/aromatic N) is 1. The van der Waals surface area contributed by atoms with Gasteiger partial charge in [0.05, 0.1) is 10.6 Å². The van der Waals surface area contributed by atoms with E-state index >= 15 is 0 Å². The van der Waals surface area contributed by atoms with E-state index in [0.717, 1.165) is 17.8 Å². The van der Waals surface area contributed by atoms with E-state index in [1.165, 1.54) is 6.20 Å².